The van der Waals surface area contributed by atoms with Crippen LogP contribution in [0.25, 0.3) is 6.08 Å². The van der Waals surface area contributed by atoms with Gasteiger partial charge in [-0.3, -0.25) is 9.59 Å². The number of hydrogen-bond donors (Lipinski definition) is 2. The van der Waals surface area contributed by atoms with Crippen molar-refractivity contribution in [3.05, 3.63) is 65.5 Å². The number of nitrogens with zero attached hydrogens (tertiary/aromatic N) is 3. The molecular weight excluding hydrogens is 511 g/mol. The number of anilines is 1. The number of aromatic nitrogens is 3. The Morgan fingerprint density at radius 1 is 1.08 bits per heavy atom. The topological polar surface area (TPSA) is 107 Å². The third-order valence-electron chi connectivity index (χ3n) is 4.99. The lowest BCUT2D eigenvalue weighted by atomic mass is 10.2. The van der Waals surface area contributed by atoms with E-state index in [1.807, 2.05) is 0 Å². The fourth-order valence-electron chi connectivity index (χ4n) is 3.08. The van der Waals surface area contributed by atoms with E-state index in [2.05, 4.69) is 20.8 Å². The molecule has 37 heavy (non-hydrogen) atoms. The second-order valence-corrected chi connectivity index (χ2v) is 8.48. The summed E-state index contributed by atoms with van der Waals surface area (Å²) < 4.78 is 50.5. The van der Waals surface area contributed by atoms with Crippen molar-refractivity contribution in [2.45, 2.75) is 17.9 Å². The van der Waals surface area contributed by atoms with Crippen molar-refractivity contribution in [2.75, 3.05) is 25.3 Å². The van der Waals surface area contributed by atoms with E-state index in [1.165, 1.54) is 32.4 Å². The highest BCUT2D eigenvalue weighted by molar-refractivity contribution is 7.99. The minimum atomic E-state index is -4.50. The zero-order valence-electron chi connectivity index (χ0n) is 20.1. The summed E-state index contributed by atoms with van der Waals surface area (Å²) in [6, 6.07) is 9.63. The van der Waals surface area contributed by atoms with Crippen molar-refractivity contribution in [3.8, 4) is 11.5 Å². The first-order valence-electron chi connectivity index (χ1n) is 10.8. The Morgan fingerprint density at radius 3 is 2.54 bits per heavy atom. The van der Waals surface area contributed by atoms with E-state index in [0.29, 0.717) is 22.5 Å². The molecule has 9 nitrogen and oxygen atoms in total. The molecule has 0 saturated carbocycles. The third-order valence-corrected chi connectivity index (χ3v) is 6.01. The smallest absolute Gasteiger partial charge is 0.416 e. The fraction of sp³-hybridized carbons (Fsp3) is 0.250. The van der Waals surface area contributed by atoms with Gasteiger partial charge in [0.25, 0.3) is 0 Å². The summed E-state index contributed by atoms with van der Waals surface area (Å²) in [6.45, 7) is 0.0929. The van der Waals surface area contributed by atoms with E-state index >= 15 is 0 Å². The summed E-state index contributed by atoms with van der Waals surface area (Å²) in [5, 5.41) is 13.6. The first-order chi connectivity index (χ1) is 17.6. The van der Waals surface area contributed by atoms with Crippen molar-refractivity contribution < 1.29 is 32.2 Å². The number of carbonyl (C=O) groups excluding carboxylic acids is 2. The van der Waals surface area contributed by atoms with Crippen LogP contribution in [0.1, 0.15) is 17.0 Å². The number of thioether (sulfide) groups is 1. The Balaban J connectivity index is 1.50. The molecule has 0 aliphatic rings. The van der Waals surface area contributed by atoms with Gasteiger partial charge in [-0.15, -0.1) is 10.2 Å². The van der Waals surface area contributed by atoms with Crippen molar-refractivity contribution in [2.24, 2.45) is 7.05 Å². The van der Waals surface area contributed by atoms with Gasteiger partial charge in [0.2, 0.25) is 11.8 Å². The van der Waals surface area contributed by atoms with E-state index in [1.54, 1.807) is 35.9 Å². The molecule has 0 fully saturated rings. The molecule has 1 aromatic heterocycles. The number of carbonyl (C=O) groups is 2. The molecule has 3 rings (SSSR count). The number of halogens is 3. The monoisotopic (exact) mass is 535 g/mol. The molecule has 2 aromatic carbocycles. The average Bonchev–Trinajstić information content (AvgIpc) is 3.23. The van der Waals surface area contributed by atoms with Crippen molar-refractivity contribution in [1.29, 1.82) is 0 Å². The summed E-state index contributed by atoms with van der Waals surface area (Å²) in [7, 11) is 4.73. The number of ether oxygens (including phenoxy) is 2. The molecule has 0 spiro atoms. The number of alkyl halides is 3. The van der Waals surface area contributed by atoms with E-state index in [-0.39, 0.29) is 23.9 Å². The summed E-state index contributed by atoms with van der Waals surface area (Å²) in [5.74, 6) is 0.622. The Morgan fingerprint density at radius 2 is 1.84 bits per heavy atom. The number of nitrogens with one attached hydrogen (secondary N) is 2. The zero-order chi connectivity index (χ0) is 27.0. The molecule has 196 valence electrons. The van der Waals surface area contributed by atoms with E-state index in [4.69, 9.17) is 9.47 Å². The van der Waals surface area contributed by atoms with Crippen LogP contribution in [-0.4, -0.2) is 46.6 Å². The van der Waals surface area contributed by atoms with E-state index in [0.717, 1.165) is 29.5 Å². The second kappa shape index (κ2) is 12.3. The highest BCUT2D eigenvalue weighted by atomic mass is 32.2. The molecule has 2 amide bonds. The summed E-state index contributed by atoms with van der Waals surface area (Å²) in [4.78, 5) is 24.4. The first kappa shape index (κ1) is 27.6. The molecule has 0 saturated heterocycles. The Labute approximate surface area is 215 Å². The van der Waals surface area contributed by atoms with Crippen LogP contribution >= 0.6 is 11.8 Å². The van der Waals surface area contributed by atoms with Crippen LogP contribution in [0.3, 0.4) is 0 Å². The number of amides is 2. The van der Waals surface area contributed by atoms with Gasteiger partial charge in [-0.2, -0.15) is 13.2 Å². The largest absolute Gasteiger partial charge is 0.493 e. The predicted molar refractivity (Wildman–Crippen MR) is 132 cm³/mol. The van der Waals surface area contributed by atoms with Crippen LogP contribution in [0.2, 0.25) is 0 Å². The molecule has 1 heterocycles. The van der Waals surface area contributed by atoms with Gasteiger partial charge in [0.15, 0.2) is 22.5 Å². The van der Waals surface area contributed by atoms with Gasteiger partial charge in [0.1, 0.15) is 0 Å². The zero-order valence-corrected chi connectivity index (χ0v) is 20.9. The average molecular weight is 536 g/mol. The molecule has 0 aliphatic carbocycles. The van der Waals surface area contributed by atoms with Gasteiger partial charge < -0.3 is 24.7 Å². The molecule has 0 atom stereocenters. The van der Waals surface area contributed by atoms with Gasteiger partial charge in [0, 0.05) is 18.8 Å². The molecule has 0 radical (unpaired) electrons. The number of hydrogen-bond acceptors (Lipinski definition) is 7. The highest BCUT2D eigenvalue weighted by Gasteiger charge is 2.30. The number of rotatable bonds is 10. The highest BCUT2D eigenvalue weighted by Crippen LogP contribution is 2.31. The van der Waals surface area contributed by atoms with Crippen LogP contribution < -0.4 is 20.1 Å². The van der Waals surface area contributed by atoms with Crippen molar-refractivity contribution in [1.82, 2.24) is 20.1 Å². The molecule has 13 heteroatoms. The van der Waals surface area contributed by atoms with Crippen molar-refractivity contribution in [3.63, 3.8) is 0 Å². The normalized spacial score (nSPS) is 11.4. The first-order valence-corrected chi connectivity index (χ1v) is 11.8. The fourth-order valence-corrected chi connectivity index (χ4v) is 3.81. The molecule has 2 N–H and O–H groups in total. The van der Waals surface area contributed by atoms with Crippen molar-refractivity contribution >= 4 is 35.3 Å². The molecule has 0 aliphatic heterocycles. The minimum Gasteiger partial charge on any atom is -0.493 e. The maximum Gasteiger partial charge on any atom is 0.416 e. The number of benzene rings is 2. The number of methoxy groups -OCH3 is 2. The summed E-state index contributed by atoms with van der Waals surface area (Å²) >= 11 is 1.06. The predicted octanol–water partition coefficient (Wildman–Crippen LogP) is 3.91. The van der Waals surface area contributed by atoms with Crippen LogP contribution in [0, 0.1) is 0 Å². The Kier molecular flexibility index (Phi) is 9.17. The van der Waals surface area contributed by atoms with Crippen LogP contribution in [0.4, 0.5) is 18.9 Å². The van der Waals surface area contributed by atoms with Gasteiger partial charge in [0.05, 0.1) is 32.1 Å². The van der Waals surface area contributed by atoms with Gasteiger partial charge >= 0.3 is 6.18 Å². The lowest BCUT2D eigenvalue weighted by Crippen LogP contribution is -2.22. The quantitative estimate of drug-likeness (QED) is 0.299. The van der Waals surface area contributed by atoms with E-state index < -0.39 is 17.6 Å². The van der Waals surface area contributed by atoms with E-state index in [9.17, 15) is 22.8 Å². The van der Waals surface area contributed by atoms with Gasteiger partial charge in [-0.1, -0.05) is 23.9 Å². The lowest BCUT2D eigenvalue weighted by Gasteiger charge is -2.09. The van der Waals surface area contributed by atoms with Crippen LogP contribution in [-0.2, 0) is 29.4 Å². The van der Waals surface area contributed by atoms with Gasteiger partial charge in [-0.25, -0.2) is 0 Å². The summed E-state index contributed by atoms with van der Waals surface area (Å²) in [6.07, 6.45) is -1.51. The Bertz CT molecular complexity index is 1290. The second-order valence-electron chi connectivity index (χ2n) is 7.54. The SMILES string of the molecule is COc1ccc(/C=C/C(=O)NCc2nnc(SCC(=O)Nc3cccc(C(F)(F)F)c3)n2C)cc1OC. The maximum atomic E-state index is 12.8. The molecule has 0 bridgehead atoms. The minimum absolute atomic E-state index is 0.0444. The molecular formula is C24H24F3N5O4S. The lowest BCUT2D eigenvalue weighted by molar-refractivity contribution is -0.137. The maximum absolute atomic E-state index is 12.8. The Hall–Kier alpha value is -4.00. The summed E-state index contributed by atoms with van der Waals surface area (Å²) in [5.41, 5.74) is -0.0620. The van der Waals surface area contributed by atoms with Gasteiger partial charge in [-0.05, 0) is 42.0 Å². The molecule has 3 aromatic rings. The standard InChI is InChI=1S/C24H24F3N5O4S/c1-32-20(13-28-21(33)10-8-15-7-9-18(35-2)19(11-15)36-3)30-31-23(32)37-14-22(34)29-17-6-4-5-16(12-17)24(25,26)27/h4-12H,13-14H2,1-3H3,(H,28,33)(H,29,34)/b10-8+. The molecule has 0 unspecified atom stereocenters. The van der Waals surface area contributed by atoms with Crippen LogP contribution in [0.15, 0.2) is 53.7 Å². The third kappa shape index (κ3) is 7.74. The van der Waals surface area contributed by atoms with Crippen LogP contribution in [0.5, 0.6) is 11.5 Å².